The maximum Gasteiger partial charge on any atom is 0.0650 e. The summed E-state index contributed by atoms with van der Waals surface area (Å²) in [6, 6.07) is 0.704. The molecule has 0 aromatic heterocycles. The monoisotopic (exact) mass is 197 g/mol. The molecule has 2 nitrogen and oxygen atoms in total. The van der Waals surface area contributed by atoms with Crippen LogP contribution in [0.4, 0.5) is 0 Å². The average molecular weight is 197 g/mol. The predicted octanol–water partition coefficient (Wildman–Crippen LogP) is 2.50. The Morgan fingerprint density at radius 1 is 1.43 bits per heavy atom. The van der Waals surface area contributed by atoms with Gasteiger partial charge in [0.15, 0.2) is 0 Å². The molecule has 1 N–H and O–H groups in total. The third-order valence-electron chi connectivity index (χ3n) is 2.92. The Balaban J connectivity index is 2.10. The molecule has 0 amide bonds. The van der Waals surface area contributed by atoms with Crippen LogP contribution in [-0.4, -0.2) is 25.8 Å². The molecule has 0 radical (unpaired) electrons. The minimum atomic E-state index is 0.704. The van der Waals surface area contributed by atoms with E-state index in [4.69, 9.17) is 4.74 Å². The Hall–Kier alpha value is -0.340. The van der Waals surface area contributed by atoms with Gasteiger partial charge in [0.05, 0.1) is 13.2 Å². The van der Waals surface area contributed by atoms with Crippen LogP contribution < -0.4 is 5.32 Å². The zero-order valence-electron chi connectivity index (χ0n) is 9.51. The highest BCUT2D eigenvalue weighted by Crippen LogP contribution is 2.11. The highest BCUT2D eigenvalue weighted by molar-refractivity contribution is 5.04. The lowest BCUT2D eigenvalue weighted by molar-refractivity contribution is 0.153. The van der Waals surface area contributed by atoms with Gasteiger partial charge in [0, 0.05) is 6.04 Å². The van der Waals surface area contributed by atoms with Crippen molar-refractivity contribution in [2.45, 2.75) is 45.6 Å². The molecule has 0 aliphatic carbocycles. The van der Waals surface area contributed by atoms with E-state index in [2.05, 4.69) is 25.2 Å². The highest BCUT2D eigenvalue weighted by atomic mass is 16.5. The van der Waals surface area contributed by atoms with E-state index in [0.29, 0.717) is 6.04 Å². The molecular weight excluding hydrogens is 174 g/mol. The maximum atomic E-state index is 5.27. The van der Waals surface area contributed by atoms with Crippen molar-refractivity contribution in [3.05, 3.63) is 11.6 Å². The van der Waals surface area contributed by atoms with Crippen LogP contribution in [0, 0.1) is 0 Å². The number of nitrogens with one attached hydrogen (secondary N) is 1. The second kappa shape index (κ2) is 7.02. The van der Waals surface area contributed by atoms with E-state index in [-0.39, 0.29) is 0 Å². The molecule has 0 atom stereocenters. The maximum absolute atomic E-state index is 5.27. The van der Waals surface area contributed by atoms with Crippen molar-refractivity contribution in [2.75, 3.05) is 19.8 Å². The fraction of sp³-hybridized carbons (Fsp3) is 0.833. The average Bonchev–Trinajstić information content (AvgIpc) is 2.26. The third kappa shape index (κ3) is 4.25. The largest absolute Gasteiger partial charge is 0.377 e. The Bertz CT molecular complexity index is 173. The zero-order chi connectivity index (χ0) is 10.2. The molecule has 0 spiro atoms. The van der Waals surface area contributed by atoms with E-state index in [1.807, 2.05) is 0 Å². The molecule has 1 aliphatic heterocycles. The smallest absolute Gasteiger partial charge is 0.0650 e. The van der Waals surface area contributed by atoms with E-state index in [1.165, 1.54) is 19.3 Å². The number of ether oxygens (including phenoxy) is 1. The van der Waals surface area contributed by atoms with Crippen LogP contribution in [0.3, 0.4) is 0 Å². The van der Waals surface area contributed by atoms with Crippen molar-refractivity contribution in [1.82, 2.24) is 5.32 Å². The minimum Gasteiger partial charge on any atom is -0.377 e. The van der Waals surface area contributed by atoms with Crippen molar-refractivity contribution in [3.63, 3.8) is 0 Å². The summed E-state index contributed by atoms with van der Waals surface area (Å²) in [7, 11) is 0. The Morgan fingerprint density at radius 3 is 2.79 bits per heavy atom. The molecule has 0 aromatic carbocycles. The van der Waals surface area contributed by atoms with E-state index in [0.717, 1.165) is 26.2 Å². The van der Waals surface area contributed by atoms with Gasteiger partial charge in [-0.2, -0.15) is 0 Å². The highest BCUT2D eigenvalue weighted by Gasteiger charge is 2.05. The molecule has 0 fully saturated rings. The Labute approximate surface area is 87.7 Å². The summed E-state index contributed by atoms with van der Waals surface area (Å²) in [6.45, 7) is 7.35. The zero-order valence-corrected chi connectivity index (χ0v) is 9.51. The molecule has 2 heteroatoms. The summed E-state index contributed by atoms with van der Waals surface area (Å²) in [6.07, 6.45) is 7.03. The standard InChI is InChI=1S/C12H23NO/c1-3-12(4-2)13-8-5-11-6-9-14-10-7-11/h6,12-13H,3-5,7-10H2,1-2H3. The van der Waals surface area contributed by atoms with E-state index < -0.39 is 0 Å². The van der Waals surface area contributed by atoms with Crippen LogP contribution in [0.2, 0.25) is 0 Å². The molecule has 0 aromatic rings. The van der Waals surface area contributed by atoms with E-state index >= 15 is 0 Å². The molecule has 0 unspecified atom stereocenters. The van der Waals surface area contributed by atoms with Gasteiger partial charge in [-0.3, -0.25) is 0 Å². The quantitative estimate of drug-likeness (QED) is 0.661. The van der Waals surface area contributed by atoms with Gasteiger partial charge in [0.1, 0.15) is 0 Å². The van der Waals surface area contributed by atoms with Crippen LogP contribution in [-0.2, 0) is 4.74 Å². The van der Waals surface area contributed by atoms with Crippen molar-refractivity contribution >= 4 is 0 Å². The fourth-order valence-corrected chi connectivity index (χ4v) is 1.81. The predicted molar refractivity (Wildman–Crippen MR) is 60.5 cm³/mol. The topological polar surface area (TPSA) is 21.3 Å². The van der Waals surface area contributed by atoms with Crippen molar-refractivity contribution in [1.29, 1.82) is 0 Å². The first-order chi connectivity index (χ1) is 6.86. The molecule has 0 saturated heterocycles. The lowest BCUT2D eigenvalue weighted by atomic mass is 10.1. The summed E-state index contributed by atoms with van der Waals surface area (Å²) in [5.74, 6) is 0. The van der Waals surface area contributed by atoms with Crippen molar-refractivity contribution in [2.24, 2.45) is 0 Å². The molecule has 0 saturated carbocycles. The van der Waals surface area contributed by atoms with Crippen LogP contribution in [0.25, 0.3) is 0 Å². The molecule has 82 valence electrons. The van der Waals surface area contributed by atoms with Gasteiger partial charge >= 0.3 is 0 Å². The number of hydrogen-bond donors (Lipinski definition) is 1. The summed E-state index contributed by atoms with van der Waals surface area (Å²) in [4.78, 5) is 0. The summed E-state index contributed by atoms with van der Waals surface area (Å²) in [5.41, 5.74) is 1.56. The van der Waals surface area contributed by atoms with Crippen LogP contribution >= 0.6 is 0 Å². The Morgan fingerprint density at radius 2 is 2.21 bits per heavy atom. The fourth-order valence-electron chi connectivity index (χ4n) is 1.81. The molecular formula is C12H23NO. The van der Waals surface area contributed by atoms with Crippen LogP contribution in [0.1, 0.15) is 39.5 Å². The van der Waals surface area contributed by atoms with Crippen LogP contribution in [0.15, 0.2) is 11.6 Å². The van der Waals surface area contributed by atoms with Crippen molar-refractivity contribution in [3.8, 4) is 0 Å². The number of rotatable bonds is 6. The van der Waals surface area contributed by atoms with Gasteiger partial charge < -0.3 is 10.1 Å². The first-order valence-electron chi connectivity index (χ1n) is 5.85. The van der Waals surface area contributed by atoms with E-state index in [1.54, 1.807) is 5.57 Å². The number of hydrogen-bond acceptors (Lipinski definition) is 2. The molecule has 1 rings (SSSR count). The second-order valence-electron chi connectivity index (χ2n) is 3.90. The lowest BCUT2D eigenvalue weighted by Gasteiger charge is -2.17. The second-order valence-corrected chi connectivity index (χ2v) is 3.90. The van der Waals surface area contributed by atoms with Gasteiger partial charge in [0.25, 0.3) is 0 Å². The first kappa shape index (κ1) is 11.7. The van der Waals surface area contributed by atoms with Crippen LogP contribution in [0.5, 0.6) is 0 Å². The minimum absolute atomic E-state index is 0.704. The molecule has 1 heterocycles. The Kier molecular flexibility index (Phi) is 5.88. The molecule has 1 aliphatic rings. The normalized spacial score (nSPS) is 17.2. The van der Waals surface area contributed by atoms with Gasteiger partial charge in [-0.05, 0) is 32.2 Å². The summed E-state index contributed by atoms with van der Waals surface area (Å²) in [5, 5.41) is 3.58. The van der Waals surface area contributed by atoms with Gasteiger partial charge in [0.2, 0.25) is 0 Å². The summed E-state index contributed by atoms with van der Waals surface area (Å²) >= 11 is 0. The van der Waals surface area contributed by atoms with Gasteiger partial charge in [-0.15, -0.1) is 0 Å². The lowest BCUT2D eigenvalue weighted by Crippen LogP contribution is -2.29. The first-order valence-corrected chi connectivity index (χ1v) is 5.85. The molecule has 14 heavy (non-hydrogen) atoms. The third-order valence-corrected chi connectivity index (χ3v) is 2.92. The summed E-state index contributed by atoms with van der Waals surface area (Å²) < 4.78 is 5.27. The van der Waals surface area contributed by atoms with Crippen molar-refractivity contribution < 1.29 is 4.74 Å². The van der Waals surface area contributed by atoms with Gasteiger partial charge in [-0.25, -0.2) is 0 Å². The van der Waals surface area contributed by atoms with Gasteiger partial charge in [-0.1, -0.05) is 25.5 Å². The molecule has 0 bridgehead atoms. The SMILES string of the molecule is CCC(CC)NCCC1=CCOCC1. The van der Waals surface area contributed by atoms with E-state index in [9.17, 15) is 0 Å².